The first kappa shape index (κ1) is 12.7. The Morgan fingerprint density at radius 2 is 2.05 bits per heavy atom. The quantitative estimate of drug-likeness (QED) is 0.905. The van der Waals surface area contributed by atoms with E-state index in [4.69, 9.17) is 0 Å². The molecule has 0 aromatic heterocycles. The second-order valence-corrected chi connectivity index (χ2v) is 6.09. The van der Waals surface area contributed by atoms with Crippen LogP contribution in [-0.4, -0.2) is 24.4 Å². The maximum absolute atomic E-state index is 12.4. The van der Waals surface area contributed by atoms with Crippen LogP contribution in [0.1, 0.15) is 18.4 Å². The molecule has 1 N–H and O–H groups in total. The van der Waals surface area contributed by atoms with E-state index in [0.717, 1.165) is 28.6 Å². The number of amides is 2. The molecule has 19 heavy (non-hydrogen) atoms. The molecule has 0 spiro atoms. The molecule has 3 rings (SSSR count). The zero-order valence-corrected chi connectivity index (χ0v) is 12.2. The molecule has 1 aliphatic carbocycles. The molecule has 1 saturated carbocycles. The number of piperazine rings is 1. The van der Waals surface area contributed by atoms with Crippen LogP contribution >= 0.6 is 15.9 Å². The molecule has 2 fully saturated rings. The van der Waals surface area contributed by atoms with Crippen LogP contribution in [0.15, 0.2) is 22.7 Å². The Morgan fingerprint density at radius 1 is 1.32 bits per heavy atom. The van der Waals surface area contributed by atoms with E-state index in [1.54, 1.807) is 4.90 Å². The predicted octanol–water partition coefficient (Wildman–Crippen LogP) is 2.00. The molecule has 1 aliphatic heterocycles. The van der Waals surface area contributed by atoms with E-state index in [1.165, 1.54) is 0 Å². The van der Waals surface area contributed by atoms with E-state index in [-0.39, 0.29) is 24.4 Å². The summed E-state index contributed by atoms with van der Waals surface area (Å²) in [4.78, 5) is 25.8. The van der Waals surface area contributed by atoms with E-state index in [0.29, 0.717) is 5.92 Å². The highest BCUT2D eigenvalue weighted by Crippen LogP contribution is 2.35. The second-order valence-electron chi connectivity index (χ2n) is 5.24. The zero-order valence-electron chi connectivity index (χ0n) is 10.6. The highest BCUT2D eigenvalue weighted by molar-refractivity contribution is 9.10. The summed E-state index contributed by atoms with van der Waals surface area (Å²) in [6, 6.07) is 5.39. The van der Waals surface area contributed by atoms with Crippen molar-refractivity contribution in [1.82, 2.24) is 5.32 Å². The van der Waals surface area contributed by atoms with Crippen molar-refractivity contribution in [2.24, 2.45) is 5.92 Å². The van der Waals surface area contributed by atoms with Gasteiger partial charge in [-0.15, -0.1) is 0 Å². The van der Waals surface area contributed by atoms with Crippen LogP contribution in [-0.2, 0) is 9.59 Å². The number of benzene rings is 1. The molecule has 2 amide bonds. The Hall–Kier alpha value is -1.36. The summed E-state index contributed by atoms with van der Waals surface area (Å²) in [6.45, 7) is 2.09. The third kappa shape index (κ3) is 2.39. The van der Waals surface area contributed by atoms with Gasteiger partial charge in [-0.2, -0.15) is 0 Å². The maximum Gasteiger partial charge on any atom is 0.250 e. The first-order valence-electron chi connectivity index (χ1n) is 6.43. The van der Waals surface area contributed by atoms with Crippen LogP contribution in [0.25, 0.3) is 0 Å². The average molecular weight is 323 g/mol. The van der Waals surface area contributed by atoms with Crippen molar-refractivity contribution in [3.63, 3.8) is 0 Å². The topological polar surface area (TPSA) is 49.4 Å². The summed E-state index contributed by atoms with van der Waals surface area (Å²) in [5, 5.41) is 2.81. The predicted molar refractivity (Wildman–Crippen MR) is 75.9 cm³/mol. The van der Waals surface area contributed by atoms with Crippen LogP contribution < -0.4 is 10.2 Å². The van der Waals surface area contributed by atoms with Crippen molar-refractivity contribution in [3.8, 4) is 0 Å². The summed E-state index contributed by atoms with van der Waals surface area (Å²) in [5.74, 6) is 0.275. The first-order chi connectivity index (χ1) is 9.06. The molecule has 1 unspecified atom stereocenters. The first-order valence-corrected chi connectivity index (χ1v) is 7.22. The van der Waals surface area contributed by atoms with Crippen molar-refractivity contribution in [2.45, 2.75) is 25.8 Å². The van der Waals surface area contributed by atoms with Gasteiger partial charge in [0.05, 0.1) is 0 Å². The fourth-order valence-electron chi connectivity index (χ4n) is 2.43. The number of anilines is 1. The van der Waals surface area contributed by atoms with Crippen LogP contribution in [0.5, 0.6) is 0 Å². The van der Waals surface area contributed by atoms with Gasteiger partial charge in [0.1, 0.15) is 12.6 Å². The van der Waals surface area contributed by atoms with Crippen LogP contribution in [0.4, 0.5) is 5.69 Å². The smallest absolute Gasteiger partial charge is 0.250 e. The lowest BCUT2D eigenvalue weighted by Gasteiger charge is -2.32. The number of hydrogen-bond acceptors (Lipinski definition) is 2. The minimum atomic E-state index is -0.329. The average Bonchev–Trinajstić information content (AvgIpc) is 3.19. The molecule has 100 valence electrons. The van der Waals surface area contributed by atoms with E-state index in [1.807, 2.05) is 25.1 Å². The Balaban J connectivity index is 1.91. The molecule has 2 aliphatic rings. The molecule has 0 radical (unpaired) electrons. The van der Waals surface area contributed by atoms with E-state index in [2.05, 4.69) is 21.2 Å². The normalized spacial score (nSPS) is 23.5. The fraction of sp³-hybridized carbons (Fsp3) is 0.429. The molecule has 4 nitrogen and oxygen atoms in total. The van der Waals surface area contributed by atoms with Crippen LogP contribution in [0, 0.1) is 12.8 Å². The molecule has 5 heteroatoms. The lowest BCUT2D eigenvalue weighted by molar-refractivity contribution is -0.131. The molecule has 0 bridgehead atoms. The monoisotopic (exact) mass is 322 g/mol. The van der Waals surface area contributed by atoms with Gasteiger partial charge in [-0.3, -0.25) is 9.59 Å². The third-order valence-corrected chi connectivity index (χ3v) is 4.59. The minimum absolute atomic E-state index is 0.0174. The summed E-state index contributed by atoms with van der Waals surface area (Å²) < 4.78 is 1.00. The van der Waals surface area contributed by atoms with E-state index < -0.39 is 0 Å². The Bertz CT molecular complexity index is 554. The largest absolute Gasteiger partial charge is 0.342 e. The van der Waals surface area contributed by atoms with Gasteiger partial charge in [0, 0.05) is 10.2 Å². The van der Waals surface area contributed by atoms with Gasteiger partial charge in [-0.05, 0) is 49.4 Å². The zero-order chi connectivity index (χ0) is 13.6. The number of rotatable bonds is 2. The molecule has 1 atom stereocenters. The Kier molecular flexibility index (Phi) is 3.09. The molecule has 1 heterocycles. The lowest BCUT2D eigenvalue weighted by Crippen LogP contribution is -2.59. The highest BCUT2D eigenvalue weighted by Gasteiger charge is 2.43. The van der Waals surface area contributed by atoms with Crippen molar-refractivity contribution in [3.05, 3.63) is 28.2 Å². The van der Waals surface area contributed by atoms with Gasteiger partial charge in [0.25, 0.3) is 0 Å². The molecule has 1 aromatic carbocycles. The minimum Gasteiger partial charge on any atom is -0.342 e. The van der Waals surface area contributed by atoms with Gasteiger partial charge in [-0.1, -0.05) is 15.9 Å². The Labute approximate surface area is 120 Å². The number of aryl methyl sites for hydroxylation is 1. The SMILES string of the molecule is Cc1cc(N2CC(=O)NC(C3CC3)C2=O)ccc1Br. The highest BCUT2D eigenvalue weighted by atomic mass is 79.9. The van der Waals surface area contributed by atoms with Crippen molar-refractivity contribution < 1.29 is 9.59 Å². The van der Waals surface area contributed by atoms with Crippen molar-refractivity contribution >= 4 is 33.4 Å². The number of halogens is 1. The van der Waals surface area contributed by atoms with Crippen LogP contribution in [0.3, 0.4) is 0 Å². The third-order valence-electron chi connectivity index (χ3n) is 3.70. The van der Waals surface area contributed by atoms with E-state index in [9.17, 15) is 9.59 Å². The Morgan fingerprint density at radius 3 is 2.68 bits per heavy atom. The summed E-state index contributed by atoms with van der Waals surface area (Å²) in [6.07, 6.45) is 2.06. The van der Waals surface area contributed by atoms with Crippen molar-refractivity contribution in [1.29, 1.82) is 0 Å². The number of nitrogens with zero attached hydrogens (tertiary/aromatic N) is 1. The molecule has 1 aromatic rings. The maximum atomic E-state index is 12.4. The van der Waals surface area contributed by atoms with Gasteiger partial charge in [-0.25, -0.2) is 0 Å². The summed E-state index contributed by atoms with van der Waals surface area (Å²) in [7, 11) is 0. The summed E-state index contributed by atoms with van der Waals surface area (Å²) in [5.41, 5.74) is 1.85. The van der Waals surface area contributed by atoms with E-state index >= 15 is 0 Å². The molecular formula is C14H15BrN2O2. The number of carbonyl (C=O) groups is 2. The summed E-state index contributed by atoms with van der Waals surface area (Å²) >= 11 is 3.44. The molecule has 1 saturated heterocycles. The number of hydrogen-bond donors (Lipinski definition) is 1. The second kappa shape index (κ2) is 4.63. The number of nitrogens with one attached hydrogen (secondary N) is 1. The number of carbonyl (C=O) groups excluding carboxylic acids is 2. The van der Waals surface area contributed by atoms with Gasteiger partial charge in [0.15, 0.2) is 0 Å². The van der Waals surface area contributed by atoms with Gasteiger partial charge >= 0.3 is 0 Å². The standard InChI is InChI=1S/C14H15BrN2O2/c1-8-6-10(4-5-11(8)15)17-7-12(18)16-13(14(17)19)9-2-3-9/h4-6,9,13H,2-3,7H2,1H3,(H,16,18). The van der Waals surface area contributed by atoms with Crippen LogP contribution in [0.2, 0.25) is 0 Å². The molecular weight excluding hydrogens is 308 g/mol. The van der Waals surface area contributed by atoms with Crippen molar-refractivity contribution in [2.75, 3.05) is 11.4 Å². The van der Waals surface area contributed by atoms with Gasteiger partial charge < -0.3 is 10.2 Å². The fourth-order valence-corrected chi connectivity index (χ4v) is 2.68. The van der Waals surface area contributed by atoms with Gasteiger partial charge in [0.2, 0.25) is 11.8 Å². The lowest BCUT2D eigenvalue weighted by atomic mass is 10.1.